The number of likely N-dealkylation sites (tertiary alicyclic amines) is 1. The Morgan fingerprint density at radius 2 is 1.71 bits per heavy atom. The van der Waals surface area contributed by atoms with Gasteiger partial charge in [-0.3, -0.25) is 14.5 Å². The summed E-state index contributed by atoms with van der Waals surface area (Å²) in [7, 11) is 1.61. The molecule has 1 amide bonds. The number of aromatic nitrogens is 1. The number of Topliss-reactive ketones (excluding diaryl/α,β-unsaturated/α-hetero) is 1. The van der Waals surface area contributed by atoms with Crippen molar-refractivity contribution in [3.63, 3.8) is 0 Å². The quantitative estimate of drug-likeness (QED) is 0.567. The highest BCUT2D eigenvalue weighted by Gasteiger charge is 2.29. The first-order valence-electron chi connectivity index (χ1n) is 12.7. The van der Waals surface area contributed by atoms with Crippen molar-refractivity contribution in [3.8, 4) is 11.8 Å². The summed E-state index contributed by atoms with van der Waals surface area (Å²) in [5.41, 5.74) is 3.30. The van der Waals surface area contributed by atoms with Crippen molar-refractivity contribution in [2.45, 2.75) is 64.8 Å². The molecule has 2 fully saturated rings. The maximum atomic E-state index is 13.0. The number of nitrogens with zero attached hydrogens (tertiary/aromatic N) is 3. The molecular weight excluding hydrogens is 440 g/mol. The van der Waals surface area contributed by atoms with Crippen LogP contribution in [0.5, 0.6) is 5.75 Å². The first kappa shape index (κ1) is 25.0. The van der Waals surface area contributed by atoms with Gasteiger partial charge in [-0.2, -0.15) is 5.26 Å². The molecular formula is C28H36N4O3. The lowest BCUT2D eigenvalue weighted by Gasteiger charge is -2.31. The number of ether oxygens (including phenoxy) is 1. The van der Waals surface area contributed by atoms with Gasteiger partial charge in [0, 0.05) is 23.2 Å². The average Bonchev–Trinajstić information content (AvgIpc) is 3.12. The van der Waals surface area contributed by atoms with E-state index in [0.29, 0.717) is 36.1 Å². The van der Waals surface area contributed by atoms with Crippen molar-refractivity contribution in [1.29, 1.82) is 5.26 Å². The van der Waals surface area contributed by atoms with Crippen LogP contribution in [-0.4, -0.2) is 47.9 Å². The summed E-state index contributed by atoms with van der Waals surface area (Å²) in [4.78, 5) is 28.0. The van der Waals surface area contributed by atoms with Gasteiger partial charge in [0.05, 0.1) is 19.2 Å². The van der Waals surface area contributed by atoms with E-state index < -0.39 is 0 Å². The van der Waals surface area contributed by atoms with Gasteiger partial charge in [0.25, 0.3) is 0 Å². The van der Waals surface area contributed by atoms with E-state index >= 15 is 0 Å². The minimum Gasteiger partial charge on any atom is -0.497 e. The lowest BCUT2D eigenvalue weighted by atomic mass is 9.89. The number of carbonyl (C=O) groups is 2. The summed E-state index contributed by atoms with van der Waals surface area (Å²) < 4.78 is 7.38. The second-order valence-corrected chi connectivity index (χ2v) is 9.90. The van der Waals surface area contributed by atoms with Gasteiger partial charge in [0.2, 0.25) is 5.91 Å². The van der Waals surface area contributed by atoms with Gasteiger partial charge in [-0.25, -0.2) is 0 Å². The molecule has 1 aliphatic carbocycles. The summed E-state index contributed by atoms with van der Waals surface area (Å²) in [6.07, 6.45) is 7.24. The monoisotopic (exact) mass is 476 g/mol. The minimum absolute atomic E-state index is 0.0262. The van der Waals surface area contributed by atoms with Crippen molar-refractivity contribution >= 4 is 17.5 Å². The molecule has 1 saturated heterocycles. The van der Waals surface area contributed by atoms with Crippen molar-refractivity contribution in [2.24, 2.45) is 5.92 Å². The van der Waals surface area contributed by atoms with E-state index in [1.165, 1.54) is 19.3 Å². The highest BCUT2D eigenvalue weighted by Crippen LogP contribution is 2.36. The van der Waals surface area contributed by atoms with E-state index in [9.17, 15) is 14.9 Å². The van der Waals surface area contributed by atoms with Gasteiger partial charge in [0.1, 0.15) is 17.6 Å². The van der Waals surface area contributed by atoms with E-state index in [4.69, 9.17) is 4.74 Å². The first-order chi connectivity index (χ1) is 16.9. The number of methoxy groups -OCH3 is 1. The van der Waals surface area contributed by atoms with Crippen LogP contribution in [0.4, 0.5) is 5.82 Å². The third kappa shape index (κ3) is 5.43. The van der Waals surface area contributed by atoms with Gasteiger partial charge in [-0.1, -0.05) is 19.3 Å². The second-order valence-electron chi connectivity index (χ2n) is 9.90. The lowest BCUT2D eigenvalue weighted by Crippen LogP contribution is -2.41. The van der Waals surface area contributed by atoms with Crippen LogP contribution < -0.4 is 10.1 Å². The maximum absolute atomic E-state index is 13.0. The molecule has 2 heterocycles. The minimum atomic E-state index is -0.101. The molecule has 4 rings (SSSR count). The van der Waals surface area contributed by atoms with Crippen molar-refractivity contribution in [2.75, 3.05) is 32.1 Å². The number of benzene rings is 1. The number of anilines is 1. The van der Waals surface area contributed by atoms with Gasteiger partial charge >= 0.3 is 0 Å². The molecule has 186 valence electrons. The summed E-state index contributed by atoms with van der Waals surface area (Å²) in [6, 6.07) is 9.92. The van der Waals surface area contributed by atoms with E-state index in [1.807, 2.05) is 38.1 Å². The number of piperidine rings is 1. The topological polar surface area (TPSA) is 87.4 Å². The molecule has 0 atom stereocenters. The van der Waals surface area contributed by atoms with Crippen LogP contribution in [0.3, 0.4) is 0 Å². The Bertz CT molecular complexity index is 1100. The number of rotatable bonds is 7. The van der Waals surface area contributed by atoms with E-state index in [0.717, 1.165) is 42.7 Å². The van der Waals surface area contributed by atoms with Crippen molar-refractivity contribution < 1.29 is 14.3 Å². The molecule has 0 bridgehead atoms. The molecule has 7 nitrogen and oxygen atoms in total. The molecule has 0 radical (unpaired) electrons. The third-order valence-corrected chi connectivity index (χ3v) is 7.77. The first-order valence-corrected chi connectivity index (χ1v) is 12.7. The van der Waals surface area contributed by atoms with E-state index in [2.05, 4.69) is 20.9 Å². The van der Waals surface area contributed by atoms with Crippen LogP contribution in [0.2, 0.25) is 0 Å². The molecule has 1 N–H and O–H groups in total. The highest BCUT2D eigenvalue weighted by molar-refractivity contribution is 5.98. The molecule has 0 unspecified atom stereocenters. The summed E-state index contributed by atoms with van der Waals surface area (Å²) in [6.45, 7) is 5.68. The van der Waals surface area contributed by atoms with Crippen LogP contribution in [0.25, 0.3) is 0 Å². The molecule has 2 aliphatic rings. The summed E-state index contributed by atoms with van der Waals surface area (Å²) in [5.74, 6) is 1.43. The van der Waals surface area contributed by atoms with E-state index in [-0.39, 0.29) is 24.2 Å². The fraction of sp³-hybridized carbons (Fsp3) is 0.536. The third-order valence-electron chi connectivity index (χ3n) is 7.77. The molecule has 1 aromatic carbocycles. The number of nitriles is 1. The predicted molar refractivity (Wildman–Crippen MR) is 136 cm³/mol. The van der Waals surface area contributed by atoms with Crippen LogP contribution >= 0.6 is 0 Å². The Kier molecular flexibility index (Phi) is 7.92. The number of carbonyl (C=O) groups excluding carboxylic acids is 2. The number of amides is 1. The standard InChI is InChI=1S/C28H36N4O3/c1-19-20(2)32(23-7-5-4-6-8-23)28(25(19)17-29)30-26(33)18-31-15-13-22(14-16-31)27(34)21-9-11-24(35-3)12-10-21/h9-12,22-23H,4-8,13-16,18H2,1-3H3,(H,30,33). The zero-order valence-electron chi connectivity index (χ0n) is 21.1. The predicted octanol–water partition coefficient (Wildman–Crippen LogP) is 5.02. The Morgan fingerprint density at radius 1 is 1.06 bits per heavy atom. The van der Waals surface area contributed by atoms with Crippen LogP contribution in [0, 0.1) is 31.1 Å². The van der Waals surface area contributed by atoms with Crippen molar-refractivity contribution in [1.82, 2.24) is 9.47 Å². The Hall–Kier alpha value is -3.11. The number of ketones is 1. The molecule has 1 aliphatic heterocycles. The average molecular weight is 477 g/mol. The van der Waals surface area contributed by atoms with Gasteiger partial charge in [-0.05, 0) is 82.4 Å². The largest absolute Gasteiger partial charge is 0.497 e. The van der Waals surface area contributed by atoms with Gasteiger partial charge < -0.3 is 14.6 Å². The van der Waals surface area contributed by atoms with Gasteiger partial charge in [0.15, 0.2) is 5.78 Å². The van der Waals surface area contributed by atoms with Crippen LogP contribution in [0.15, 0.2) is 24.3 Å². The molecule has 2 aromatic rings. The zero-order chi connectivity index (χ0) is 24.9. The normalized spacial score (nSPS) is 17.7. The molecule has 7 heteroatoms. The Labute approximate surface area is 208 Å². The second kappa shape index (κ2) is 11.1. The smallest absolute Gasteiger partial charge is 0.239 e. The number of hydrogen-bond acceptors (Lipinski definition) is 5. The number of hydrogen-bond donors (Lipinski definition) is 1. The summed E-state index contributed by atoms with van der Waals surface area (Å²) >= 11 is 0. The fourth-order valence-electron chi connectivity index (χ4n) is 5.60. The highest BCUT2D eigenvalue weighted by atomic mass is 16.5. The zero-order valence-corrected chi connectivity index (χ0v) is 21.1. The SMILES string of the molecule is COc1ccc(C(=O)C2CCN(CC(=O)Nc3c(C#N)c(C)c(C)n3C3CCCCC3)CC2)cc1. The Morgan fingerprint density at radius 3 is 2.31 bits per heavy atom. The van der Waals surface area contributed by atoms with Gasteiger partial charge in [-0.15, -0.1) is 0 Å². The summed E-state index contributed by atoms with van der Waals surface area (Å²) in [5, 5.41) is 12.9. The van der Waals surface area contributed by atoms with Crippen LogP contribution in [-0.2, 0) is 4.79 Å². The van der Waals surface area contributed by atoms with Crippen LogP contribution in [0.1, 0.15) is 78.2 Å². The fourth-order valence-corrected chi connectivity index (χ4v) is 5.60. The van der Waals surface area contributed by atoms with E-state index in [1.54, 1.807) is 7.11 Å². The maximum Gasteiger partial charge on any atom is 0.239 e. The van der Waals surface area contributed by atoms with Crippen molar-refractivity contribution in [3.05, 3.63) is 46.6 Å². The number of nitrogens with one attached hydrogen (secondary N) is 1. The lowest BCUT2D eigenvalue weighted by molar-refractivity contribution is -0.117. The molecule has 35 heavy (non-hydrogen) atoms. The molecule has 0 spiro atoms. The molecule has 1 saturated carbocycles. The Balaban J connectivity index is 1.37. The molecule has 1 aromatic heterocycles.